The van der Waals surface area contributed by atoms with E-state index in [0.29, 0.717) is 28.0 Å². The van der Waals surface area contributed by atoms with E-state index in [1.807, 2.05) is 18.2 Å². The number of para-hydroxylation sites is 1. The van der Waals surface area contributed by atoms with Crippen molar-refractivity contribution in [1.29, 1.82) is 0 Å². The van der Waals surface area contributed by atoms with Gasteiger partial charge >= 0.3 is 5.97 Å². The molecule has 1 aliphatic rings. The smallest absolute Gasteiger partial charge is 0.341 e. The van der Waals surface area contributed by atoms with Crippen molar-refractivity contribution in [2.45, 2.75) is 6.23 Å². The van der Waals surface area contributed by atoms with E-state index in [0.717, 1.165) is 0 Å². The number of hydrogen-bond acceptors (Lipinski definition) is 5. The Labute approximate surface area is 146 Å². The maximum Gasteiger partial charge on any atom is 0.341 e. The SMILES string of the molecule is COc1ccccc1C(=O)C1=C(c2ccccc2)C(=O)OC1N(C)C. The lowest BCUT2D eigenvalue weighted by Gasteiger charge is -2.21. The average Bonchev–Trinajstić information content (AvgIpc) is 2.99. The van der Waals surface area contributed by atoms with E-state index >= 15 is 0 Å². The molecule has 128 valence electrons. The molecule has 5 nitrogen and oxygen atoms in total. The second-order valence-corrected chi connectivity index (χ2v) is 5.91. The van der Waals surface area contributed by atoms with E-state index in [4.69, 9.17) is 9.47 Å². The fraction of sp³-hybridized carbons (Fsp3) is 0.200. The molecule has 0 N–H and O–H groups in total. The molecule has 1 unspecified atom stereocenters. The lowest BCUT2D eigenvalue weighted by molar-refractivity contribution is -0.143. The topological polar surface area (TPSA) is 55.8 Å². The van der Waals surface area contributed by atoms with Gasteiger partial charge in [-0.1, -0.05) is 42.5 Å². The summed E-state index contributed by atoms with van der Waals surface area (Å²) in [5.41, 5.74) is 1.69. The van der Waals surface area contributed by atoms with Crippen LogP contribution in [0.1, 0.15) is 15.9 Å². The number of cyclic esters (lactones) is 1. The molecule has 0 amide bonds. The van der Waals surface area contributed by atoms with Gasteiger partial charge in [-0.25, -0.2) is 4.79 Å². The number of Topliss-reactive ketones (excluding diaryl/α,β-unsaturated/α-hetero) is 1. The third-order valence-corrected chi connectivity index (χ3v) is 4.07. The summed E-state index contributed by atoms with van der Waals surface area (Å²) in [6.07, 6.45) is -0.736. The Morgan fingerprint density at radius 1 is 1.04 bits per heavy atom. The minimum Gasteiger partial charge on any atom is -0.496 e. The lowest BCUT2D eigenvalue weighted by Crippen LogP contribution is -2.32. The number of carbonyl (C=O) groups is 2. The first-order chi connectivity index (χ1) is 12.0. The van der Waals surface area contributed by atoms with Crippen LogP contribution in [0.15, 0.2) is 60.2 Å². The van der Waals surface area contributed by atoms with Crippen molar-refractivity contribution in [3.63, 3.8) is 0 Å². The summed E-state index contributed by atoms with van der Waals surface area (Å²) in [4.78, 5) is 27.5. The van der Waals surface area contributed by atoms with Crippen LogP contribution in [-0.4, -0.2) is 44.1 Å². The summed E-state index contributed by atoms with van der Waals surface area (Å²) in [5.74, 6) is -0.312. The predicted molar refractivity (Wildman–Crippen MR) is 94.3 cm³/mol. The molecule has 1 atom stereocenters. The van der Waals surface area contributed by atoms with Crippen LogP contribution in [0, 0.1) is 0 Å². The number of ketones is 1. The second kappa shape index (κ2) is 6.91. The van der Waals surface area contributed by atoms with Gasteiger partial charge in [0.2, 0.25) is 0 Å². The first-order valence-electron chi connectivity index (χ1n) is 7.89. The Morgan fingerprint density at radius 3 is 2.32 bits per heavy atom. The summed E-state index contributed by atoms with van der Waals surface area (Å²) in [6, 6.07) is 16.1. The number of ether oxygens (including phenoxy) is 2. The summed E-state index contributed by atoms with van der Waals surface area (Å²) < 4.78 is 10.8. The van der Waals surface area contributed by atoms with Crippen LogP contribution in [0.2, 0.25) is 0 Å². The van der Waals surface area contributed by atoms with Crippen LogP contribution in [0.5, 0.6) is 5.75 Å². The fourth-order valence-corrected chi connectivity index (χ4v) is 2.90. The molecule has 0 radical (unpaired) electrons. The Morgan fingerprint density at radius 2 is 1.68 bits per heavy atom. The Hall–Kier alpha value is -2.92. The van der Waals surface area contributed by atoms with Crippen molar-refractivity contribution in [2.75, 3.05) is 21.2 Å². The normalized spacial score (nSPS) is 17.0. The van der Waals surface area contributed by atoms with Gasteiger partial charge in [0.1, 0.15) is 5.75 Å². The molecule has 0 saturated carbocycles. The van der Waals surface area contributed by atoms with E-state index in [2.05, 4.69) is 0 Å². The molecular weight excluding hydrogens is 318 g/mol. The standard InChI is InChI=1S/C20H19NO4/c1-21(2)19-17(18(22)14-11-7-8-12-15(14)24-3)16(20(23)25-19)13-9-5-4-6-10-13/h4-12,19H,1-3H3. The zero-order valence-corrected chi connectivity index (χ0v) is 14.4. The zero-order chi connectivity index (χ0) is 18.0. The van der Waals surface area contributed by atoms with Gasteiger partial charge in [0.15, 0.2) is 12.0 Å². The zero-order valence-electron chi connectivity index (χ0n) is 14.4. The number of hydrogen-bond donors (Lipinski definition) is 0. The third kappa shape index (κ3) is 3.06. The molecule has 3 rings (SSSR count). The predicted octanol–water partition coefficient (Wildman–Crippen LogP) is 2.78. The van der Waals surface area contributed by atoms with Crippen LogP contribution in [0.4, 0.5) is 0 Å². The van der Waals surface area contributed by atoms with Crippen LogP contribution in [0.3, 0.4) is 0 Å². The summed E-state index contributed by atoms with van der Waals surface area (Å²) >= 11 is 0. The molecule has 1 heterocycles. The lowest BCUT2D eigenvalue weighted by atomic mass is 9.94. The number of methoxy groups -OCH3 is 1. The summed E-state index contributed by atoms with van der Waals surface area (Å²) in [5, 5.41) is 0. The van der Waals surface area contributed by atoms with Crippen molar-refractivity contribution in [2.24, 2.45) is 0 Å². The van der Waals surface area contributed by atoms with Crippen LogP contribution in [-0.2, 0) is 9.53 Å². The Kier molecular flexibility index (Phi) is 4.67. The minimum absolute atomic E-state index is 0.277. The molecule has 0 aliphatic carbocycles. The quantitative estimate of drug-likeness (QED) is 0.620. The molecule has 25 heavy (non-hydrogen) atoms. The molecule has 0 saturated heterocycles. The monoisotopic (exact) mass is 337 g/mol. The number of rotatable bonds is 5. The van der Waals surface area contributed by atoms with E-state index < -0.39 is 12.2 Å². The van der Waals surface area contributed by atoms with E-state index in [1.165, 1.54) is 7.11 Å². The van der Waals surface area contributed by atoms with Gasteiger partial charge in [-0.05, 0) is 31.8 Å². The van der Waals surface area contributed by atoms with Crippen molar-refractivity contribution in [1.82, 2.24) is 4.90 Å². The first kappa shape index (κ1) is 16.9. The molecule has 1 aliphatic heterocycles. The van der Waals surface area contributed by atoms with Crippen molar-refractivity contribution in [3.05, 3.63) is 71.3 Å². The Bertz CT molecular complexity index is 840. The molecule has 0 bridgehead atoms. The van der Waals surface area contributed by atoms with Gasteiger partial charge in [0.05, 0.1) is 23.8 Å². The third-order valence-electron chi connectivity index (χ3n) is 4.07. The van der Waals surface area contributed by atoms with Crippen molar-refractivity contribution in [3.8, 4) is 5.75 Å². The van der Waals surface area contributed by atoms with E-state index in [1.54, 1.807) is 55.4 Å². The number of nitrogens with zero attached hydrogens (tertiary/aromatic N) is 1. The highest BCUT2D eigenvalue weighted by atomic mass is 16.6. The minimum atomic E-state index is -0.736. The number of likely N-dealkylation sites (N-methyl/N-ethyl adjacent to an activating group) is 1. The molecule has 0 spiro atoms. The van der Waals surface area contributed by atoms with Crippen molar-refractivity contribution < 1.29 is 19.1 Å². The van der Waals surface area contributed by atoms with Gasteiger partial charge in [0.25, 0.3) is 0 Å². The number of carbonyl (C=O) groups excluding carboxylic acids is 2. The largest absolute Gasteiger partial charge is 0.496 e. The number of benzene rings is 2. The van der Waals surface area contributed by atoms with Gasteiger partial charge in [-0.3, -0.25) is 9.69 Å². The summed E-state index contributed by atoms with van der Waals surface area (Å²) in [7, 11) is 5.04. The van der Waals surface area contributed by atoms with Gasteiger partial charge < -0.3 is 9.47 Å². The average molecular weight is 337 g/mol. The van der Waals surface area contributed by atoms with Crippen LogP contribution < -0.4 is 4.74 Å². The second-order valence-electron chi connectivity index (χ2n) is 5.91. The van der Waals surface area contributed by atoms with Crippen LogP contribution >= 0.6 is 0 Å². The molecular formula is C20H19NO4. The highest BCUT2D eigenvalue weighted by Gasteiger charge is 2.40. The maximum atomic E-state index is 13.3. The van der Waals surface area contributed by atoms with E-state index in [9.17, 15) is 9.59 Å². The molecule has 2 aromatic rings. The van der Waals surface area contributed by atoms with Gasteiger partial charge in [0, 0.05) is 0 Å². The molecule has 0 fully saturated rings. The summed E-state index contributed by atoms with van der Waals surface area (Å²) in [6.45, 7) is 0. The Balaban J connectivity index is 2.20. The van der Waals surface area contributed by atoms with Crippen LogP contribution in [0.25, 0.3) is 5.57 Å². The molecule has 2 aromatic carbocycles. The number of esters is 1. The van der Waals surface area contributed by atoms with Gasteiger partial charge in [-0.2, -0.15) is 0 Å². The highest BCUT2D eigenvalue weighted by molar-refractivity contribution is 6.29. The fourth-order valence-electron chi connectivity index (χ4n) is 2.90. The highest BCUT2D eigenvalue weighted by Crippen LogP contribution is 2.35. The first-order valence-corrected chi connectivity index (χ1v) is 7.89. The molecule has 0 aromatic heterocycles. The van der Waals surface area contributed by atoms with E-state index in [-0.39, 0.29) is 5.78 Å². The van der Waals surface area contributed by atoms with Gasteiger partial charge in [-0.15, -0.1) is 0 Å². The van der Waals surface area contributed by atoms with Crippen molar-refractivity contribution >= 4 is 17.3 Å². The maximum absolute atomic E-state index is 13.3. The molecule has 5 heteroatoms.